The fraction of sp³-hybridized carbons (Fsp3) is 1.00. The van der Waals surface area contributed by atoms with Crippen LogP contribution < -0.4 is 11.0 Å². The fourth-order valence-corrected chi connectivity index (χ4v) is 0.806. The monoisotopic (exact) mass is 146 g/mol. The molecule has 4 nitrogen and oxygen atoms in total. The molecular weight excluding hydrogens is 128 g/mol. The van der Waals surface area contributed by atoms with Crippen LogP contribution in [-0.4, -0.2) is 37.3 Å². The average Bonchev–Trinajstić information content (AvgIpc) is 1.81. The molecule has 0 amide bonds. The Morgan fingerprint density at radius 1 is 1.20 bits per heavy atom. The molecule has 0 aliphatic heterocycles. The topological polar surface area (TPSA) is 30.5 Å². The standard InChI is InChI=1S/C6H18N4/c1-6(2)10(8-7-3)9(4)5/h6-8H,1-5H3. The van der Waals surface area contributed by atoms with Crippen LogP contribution in [0.15, 0.2) is 0 Å². The van der Waals surface area contributed by atoms with E-state index in [-0.39, 0.29) is 0 Å². The number of hydrogen-bond donors (Lipinski definition) is 2. The zero-order valence-electron chi connectivity index (χ0n) is 7.47. The zero-order valence-corrected chi connectivity index (χ0v) is 7.47. The quantitative estimate of drug-likeness (QED) is 0.538. The van der Waals surface area contributed by atoms with Crippen LogP contribution in [-0.2, 0) is 0 Å². The number of hydrogen-bond acceptors (Lipinski definition) is 4. The van der Waals surface area contributed by atoms with E-state index in [0.717, 1.165) is 0 Å². The van der Waals surface area contributed by atoms with Crippen LogP contribution in [0.25, 0.3) is 0 Å². The van der Waals surface area contributed by atoms with Crippen LogP contribution >= 0.6 is 0 Å². The van der Waals surface area contributed by atoms with E-state index < -0.39 is 0 Å². The highest BCUT2D eigenvalue weighted by Crippen LogP contribution is 1.92. The molecule has 0 atom stereocenters. The van der Waals surface area contributed by atoms with Crippen molar-refractivity contribution in [3.63, 3.8) is 0 Å². The molecule has 0 bridgehead atoms. The van der Waals surface area contributed by atoms with Crippen molar-refractivity contribution in [3.05, 3.63) is 0 Å². The van der Waals surface area contributed by atoms with Gasteiger partial charge in [0.2, 0.25) is 0 Å². The van der Waals surface area contributed by atoms with Gasteiger partial charge in [0.15, 0.2) is 0 Å². The largest absolute Gasteiger partial charge is 0.246 e. The number of hydrazine groups is 3. The number of rotatable bonds is 4. The smallest absolute Gasteiger partial charge is 0.0359 e. The Kier molecular flexibility index (Phi) is 4.55. The SMILES string of the molecule is CNNN(C(C)C)N(C)C. The first kappa shape index (κ1) is 9.84. The van der Waals surface area contributed by atoms with Crippen molar-refractivity contribution in [1.82, 2.24) is 21.1 Å². The van der Waals surface area contributed by atoms with Crippen molar-refractivity contribution < 1.29 is 0 Å². The Balaban J connectivity index is 3.73. The number of nitrogens with one attached hydrogen (secondary N) is 2. The lowest BCUT2D eigenvalue weighted by atomic mass is 10.4. The van der Waals surface area contributed by atoms with E-state index in [1.165, 1.54) is 0 Å². The molecule has 2 N–H and O–H groups in total. The molecule has 0 saturated heterocycles. The summed E-state index contributed by atoms with van der Waals surface area (Å²) >= 11 is 0. The van der Waals surface area contributed by atoms with Gasteiger partial charge in [-0.05, 0) is 20.9 Å². The minimum atomic E-state index is 0.447. The summed E-state index contributed by atoms with van der Waals surface area (Å²) in [6.45, 7) is 4.23. The predicted octanol–water partition coefficient (Wildman–Crippen LogP) is -0.188. The molecule has 0 aromatic heterocycles. The minimum Gasteiger partial charge on any atom is -0.246 e. The van der Waals surface area contributed by atoms with Crippen molar-refractivity contribution in [2.24, 2.45) is 0 Å². The normalized spacial score (nSPS) is 12.0. The lowest BCUT2D eigenvalue weighted by Crippen LogP contribution is -2.55. The number of nitrogens with zero attached hydrogens (tertiary/aromatic N) is 2. The van der Waals surface area contributed by atoms with Crippen LogP contribution in [0.2, 0.25) is 0 Å². The molecule has 0 heterocycles. The van der Waals surface area contributed by atoms with Gasteiger partial charge in [0.25, 0.3) is 0 Å². The van der Waals surface area contributed by atoms with E-state index in [4.69, 9.17) is 0 Å². The molecule has 0 aromatic rings. The third kappa shape index (κ3) is 3.12. The van der Waals surface area contributed by atoms with Crippen molar-refractivity contribution in [3.8, 4) is 0 Å². The van der Waals surface area contributed by atoms with Crippen LogP contribution in [0.1, 0.15) is 13.8 Å². The molecule has 0 spiro atoms. The first-order valence-electron chi connectivity index (χ1n) is 3.48. The first-order valence-corrected chi connectivity index (χ1v) is 3.48. The van der Waals surface area contributed by atoms with Gasteiger partial charge >= 0.3 is 0 Å². The van der Waals surface area contributed by atoms with Crippen LogP contribution in [0.4, 0.5) is 0 Å². The van der Waals surface area contributed by atoms with E-state index in [1.807, 2.05) is 31.3 Å². The second kappa shape index (κ2) is 4.62. The van der Waals surface area contributed by atoms with E-state index >= 15 is 0 Å². The molecule has 0 radical (unpaired) electrons. The molecule has 0 aliphatic rings. The summed E-state index contributed by atoms with van der Waals surface area (Å²) in [5.41, 5.74) is 5.86. The maximum Gasteiger partial charge on any atom is 0.0359 e. The molecule has 0 fully saturated rings. The Morgan fingerprint density at radius 3 is 1.80 bits per heavy atom. The minimum absolute atomic E-state index is 0.447. The summed E-state index contributed by atoms with van der Waals surface area (Å²) in [5.74, 6) is 0. The molecule has 10 heavy (non-hydrogen) atoms. The molecule has 0 rings (SSSR count). The maximum atomic E-state index is 2.99. The molecular formula is C6H18N4. The third-order valence-corrected chi connectivity index (χ3v) is 1.15. The van der Waals surface area contributed by atoms with Gasteiger partial charge in [-0.2, -0.15) is 10.7 Å². The summed E-state index contributed by atoms with van der Waals surface area (Å²) < 4.78 is 0. The summed E-state index contributed by atoms with van der Waals surface area (Å²) in [4.78, 5) is 0. The lowest BCUT2D eigenvalue weighted by Gasteiger charge is -2.31. The van der Waals surface area contributed by atoms with Crippen LogP contribution in [0, 0.1) is 0 Å². The molecule has 0 aromatic carbocycles. The highest BCUT2D eigenvalue weighted by atomic mass is 15.9. The van der Waals surface area contributed by atoms with Crippen LogP contribution in [0.3, 0.4) is 0 Å². The van der Waals surface area contributed by atoms with Gasteiger partial charge in [-0.15, -0.1) is 0 Å². The van der Waals surface area contributed by atoms with Crippen molar-refractivity contribution in [2.75, 3.05) is 21.1 Å². The highest BCUT2D eigenvalue weighted by Gasteiger charge is 2.08. The second-order valence-corrected chi connectivity index (χ2v) is 2.65. The zero-order chi connectivity index (χ0) is 8.15. The summed E-state index contributed by atoms with van der Waals surface area (Å²) in [5, 5.41) is 3.97. The van der Waals surface area contributed by atoms with Crippen molar-refractivity contribution >= 4 is 0 Å². The Bertz CT molecular complexity index is 73.8. The Labute approximate surface area is 63.1 Å². The summed E-state index contributed by atoms with van der Waals surface area (Å²) in [6.07, 6.45) is 0. The van der Waals surface area contributed by atoms with Gasteiger partial charge in [-0.1, -0.05) is 0 Å². The van der Waals surface area contributed by atoms with E-state index in [1.54, 1.807) is 0 Å². The molecule has 4 heteroatoms. The maximum absolute atomic E-state index is 2.99. The van der Waals surface area contributed by atoms with Gasteiger partial charge in [0.05, 0.1) is 0 Å². The third-order valence-electron chi connectivity index (χ3n) is 1.15. The summed E-state index contributed by atoms with van der Waals surface area (Å²) in [6, 6.07) is 0.447. The van der Waals surface area contributed by atoms with E-state index in [2.05, 4.69) is 24.8 Å². The van der Waals surface area contributed by atoms with Gasteiger partial charge in [0, 0.05) is 20.1 Å². The Morgan fingerprint density at radius 2 is 1.70 bits per heavy atom. The molecule has 0 saturated carbocycles. The van der Waals surface area contributed by atoms with Crippen molar-refractivity contribution in [2.45, 2.75) is 19.9 Å². The predicted molar refractivity (Wildman–Crippen MR) is 42.9 cm³/mol. The highest BCUT2D eigenvalue weighted by molar-refractivity contribution is 4.48. The van der Waals surface area contributed by atoms with Gasteiger partial charge in [0.1, 0.15) is 0 Å². The van der Waals surface area contributed by atoms with Gasteiger partial charge in [-0.3, -0.25) is 0 Å². The fourth-order valence-electron chi connectivity index (χ4n) is 0.806. The van der Waals surface area contributed by atoms with Crippen LogP contribution in [0.5, 0.6) is 0 Å². The van der Waals surface area contributed by atoms with E-state index in [0.29, 0.717) is 6.04 Å². The second-order valence-electron chi connectivity index (χ2n) is 2.65. The first-order chi connectivity index (χ1) is 4.59. The van der Waals surface area contributed by atoms with Crippen molar-refractivity contribution in [1.29, 1.82) is 0 Å². The average molecular weight is 146 g/mol. The summed E-state index contributed by atoms with van der Waals surface area (Å²) in [7, 11) is 5.83. The van der Waals surface area contributed by atoms with Gasteiger partial charge < -0.3 is 0 Å². The Hall–Kier alpha value is -0.160. The lowest BCUT2D eigenvalue weighted by molar-refractivity contribution is -0.0695. The van der Waals surface area contributed by atoms with Gasteiger partial charge in [-0.25, -0.2) is 10.4 Å². The molecule has 0 aliphatic carbocycles. The molecule has 62 valence electrons. The van der Waals surface area contributed by atoms with E-state index in [9.17, 15) is 0 Å². The molecule has 0 unspecified atom stereocenters.